The Morgan fingerprint density at radius 1 is 1.40 bits per heavy atom. The Morgan fingerprint density at radius 3 is 3.10 bits per heavy atom. The lowest BCUT2D eigenvalue weighted by Gasteiger charge is -2.26. The molecule has 1 aliphatic rings. The number of aromatic nitrogens is 2. The summed E-state index contributed by atoms with van der Waals surface area (Å²) in [5.74, 6) is -0.177. The highest BCUT2D eigenvalue weighted by Gasteiger charge is 2.22. The van der Waals surface area contributed by atoms with Crippen LogP contribution in [0, 0.1) is 5.82 Å². The van der Waals surface area contributed by atoms with Gasteiger partial charge in [-0.15, -0.1) is 0 Å². The first-order chi connectivity index (χ1) is 9.74. The predicted molar refractivity (Wildman–Crippen MR) is 72.4 cm³/mol. The second-order valence-corrected chi connectivity index (χ2v) is 4.98. The van der Waals surface area contributed by atoms with E-state index in [1.54, 1.807) is 29.4 Å². The van der Waals surface area contributed by atoms with Crippen LogP contribution in [0.15, 0.2) is 30.6 Å². The molecule has 0 aliphatic carbocycles. The Labute approximate surface area is 116 Å². The van der Waals surface area contributed by atoms with Crippen molar-refractivity contribution in [3.05, 3.63) is 53.4 Å². The summed E-state index contributed by atoms with van der Waals surface area (Å²) in [5.41, 5.74) is 2.65. The van der Waals surface area contributed by atoms with Crippen LogP contribution in [0.25, 0.3) is 0 Å². The molecular formula is C15H16FN3O. The normalized spacial score (nSPS) is 14.2. The van der Waals surface area contributed by atoms with Crippen molar-refractivity contribution in [2.24, 2.45) is 0 Å². The van der Waals surface area contributed by atoms with E-state index in [1.165, 1.54) is 6.07 Å². The standard InChI is InChI=1S/C15H16FN3O/c16-12-4-2-1-3-11(12)5-6-15(20)19-8-7-13-14(9-19)18-10-17-13/h1-4,10H,5-9H2,(H,17,18). The lowest BCUT2D eigenvalue weighted by Crippen LogP contribution is -2.36. The lowest BCUT2D eigenvalue weighted by molar-refractivity contribution is -0.132. The third-order valence-corrected chi connectivity index (χ3v) is 3.69. The minimum atomic E-state index is -0.241. The number of rotatable bonds is 3. The van der Waals surface area contributed by atoms with Crippen LogP contribution in [0.1, 0.15) is 23.4 Å². The van der Waals surface area contributed by atoms with Crippen LogP contribution < -0.4 is 0 Å². The number of benzene rings is 1. The van der Waals surface area contributed by atoms with E-state index in [0.717, 1.165) is 17.8 Å². The average molecular weight is 273 g/mol. The number of fused-ring (bicyclic) bond motifs is 1. The minimum absolute atomic E-state index is 0.0634. The van der Waals surface area contributed by atoms with E-state index in [-0.39, 0.29) is 11.7 Å². The number of hydrogen-bond acceptors (Lipinski definition) is 2. The lowest BCUT2D eigenvalue weighted by atomic mass is 10.1. The summed E-state index contributed by atoms with van der Waals surface area (Å²) in [5, 5.41) is 0. The van der Waals surface area contributed by atoms with E-state index < -0.39 is 0 Å². The van der Waals surface area contributed by atoms with Crippen LogP contribution in [0.3, 0.4) is 0 Å². The molecular weight excluding hydrogens is 257 g/mol. The summed E-state index contributed by atoms with van der Waals surface area (Å²) in [6, 6.07) is 6.61. The molecule has 0 saturated heterocycles. The number of halogens is 1. The number of hydrogen-bond donors (Lipinski definition) is 1. The molecule has 1 amide bonds. The van der Waals surface area contributed by atoms with Gasteiger partial charge in [-0.05, 0) is 18.1 Å². The molecule has 1 aromatic heterocycles. The molecule has 0 radical (unpaired) electrons. The number of nitrogens with zero attached hydrogens (tertiary/aromatic N) is 2. The molecule has 0 atom stereocenters. The zero-order valence-electron chi connectivity index (χ0n) is 11.1. The molecule has 2 aromatic rings. The van der Waals surface area contributed by atoms with Gasteiger partial charge in [0.25, 0.3) is 0 Å². The minimum Gasteiger partial charge on any atom is -0.347 e. The molecule has 3 rings (SSSR count). The fourth-order valence-corrected chi connectivity index (χ4v) is 2.53. The second kappa shape index (κ2) is 5.45. The monoisotopic (exact) mass is 273 g/mol. The summed E-state index contributed by atoms with van der Waals surface area (Å²) in [6.07, 6.45) is 3.23. The van der Waals surface area contributed by atoms with Crippen molar-refractivity contribution in [2.45, 2.75) is 25.8 Å². The van der Waals surface area contributed by atoms with E-state index in [4.69, 9.17) is 0 Å². The molecule has 2 heterocycles. The smallest absolute Gasteiger partial charge is 0.223 e. The number of imidazole rings is 1. The fourth-order valence-electron chi connectivity index (χ4n) is 2.53. The number of aromatic amines is 1. The highest BCUT2D eigenvalue weighted by atomic mass is 19.1. The Balaban J connectivity index is 1.59. The van der Waals surface area contributed by atoms with Gasteiger partial charge in [0.1, 0.15) is 5.82 Å². The molecule has 5 heteroatoms. The predicted octanol–water partition coefficient (Wildman–Crippen LogP) is 2.07. The molecule has 4 nitrogen and oxygen atoms in total. The molecule has 1 N–H and O–H groups in total. The highest BCUT2D eigenvalue weighted by Crippen LogP contribution is 2.17. The second-order valence-electron chi connectivity index (χ2n) is 4.98. The van der Waals surface area contributed by atoms with E-state index >= 15 is 0 Å². The average Bonchev–Trinajstić information content (AvgIpc) is 2.93. The van der Waals surface area contributed by atoms with Crippen LogP contribution in [0.5, 0.6) is 0 Å². The van der Waals surface area contributed by atoms with Crippen LogP contribution in [0.2, 0.25) is 0 Å². The highest BCUT2D eigenvalue weighted by molar-refractivity contribution is 5.76. The van der Waals surface area contributed by atoms with Gasteiger partial charge in [-0.1, -0.05) is 18.2 Å². The molecule has 0 unspecified atom stereocenters. The first-order valence-electron chi connectivity index (χ1n) is 6.76. The third-order valence-electron chi connectivity index (χ3n) is 3.69. The van der Waals surface area contributed by atoms with E-state index in [2.05, 4.69) is 9.97 Å². The van der Waals surface area contributed by atoms with Gasteiger partial charge < -0.3 is 9.88 Å². The van der Waals surface area contributed by atoms with Crippen LogP contribution in [0.4, 0.5) is 4.39 Å². The molecule has 20 heavy (non-hydrogen) atoms. The Bertz CT molecular complexity index is 623. The van der Waals surface area contributed by atoms with Gasteiger partial charge in [-0.3, -0.25) is 4.79 Å². The largest absolute Gasteiger partial charge is 0.347 e. The van der Waals surface area contributed by atoms with Gasteiger partial charge >= 0.3 is 0 Å². The van der Waals surface area contributed by atoms with Gasteiger partial charge in [0, 0.05) is 19.4 Å². The van der Waals surface area contributed by atoms with Crippen molar-refractivity contribution in [1.82, 2.24) is 14.9 Å². The zero-order chi connectivity index (χ0) is 13.9. The number of carbonyl (C=O) groups excluding carboxylic acids is 1. The van der Waals surface area contributed by atoms with Crippen molar-refractivity contribution in [1.29, 1.82) is 0 Å². The number of nitrogens with one attached hydrogen (secondary N) is 1. The van der Waals surface area contributed by atoms with Crippen LogP contribution >= 0.6 is 0 Å². The third kappa shape index (κ3) is 2.57. The summed E-state index contributed by atoms with van der Waals surface area (Å²) in [6.45, 7) is 1.26. The SMILES string of the molecule is O=C(CCc1ccccc1F)N1CCc2nc[nH]c2C1. The number of carbonyl (C=O) groups is 1. The van der Waals surface area contributed by atoms with Gasteiger partial charge in [0.2, 0.25) is 5.91 Å². The summed E-state index contributed by atoms with van der Waals surface area (Å²) >= 11 is 0. The van der Waals surface area contributed by atoms with Gasteiger partial charge in [0.05, 0.1) is 24.3 Å². The molecule has 1 aliphatic heterocycles. The maximum Gasteiger partial charge on any atom is 0.223 e. The molecule has 1 aromatic carbocycles. The first-order valence-corrected chi connectivity index (χ1v) is 6.76. The van der Waals surface area contributed by atoms with Crippen molar-refractivity contribution < 1.29 is 9.18 Å². The van der Waals surface area contributed by atoms with Gasteiger partial charge in [-0.25, -0.2) is 9.37 Å². The number of aryl methyl sites for hydroxylation is 1. The number of amides is 1. The fraction of sp³-hybridized carbons (Fsp3) is 0.333. The molecule has 104 valence electrons. The van der Waals surface area contributed by atoms with Crippen molar-refractivity contribution in [3.8, 4) is 0 Å². The van der Waals surface area contributed by atoms with Gasteiger partial charge in [0.15, 0.2) is 0 Å². The molecule has 0 bridgehead atoms. The maximum atomic E-state index is 13.5. The maximum absolute atomic E-state index is 13.5. The molecule has 0 spiro atoms. The summed E-state index contributed by atoms with van der Waals surface area (Å²) < 4.78 is 13.5. The Kier molecular flexibility index (Phi) is 3.50. The summed E-state index contributed by atoms with van der Waals surface area (Å²) in [7, 11) is 0. The van der Waals surface area contributed by atoms with E-state index in [1.807, 2.05) is 0 Å². The van der Waals surface area contributed by atoms with E-state index in [9.17, 15) is 9.18 Å². The van der Waals surface area contributed by atoms with Crippen molar-refractivity contribution in [3.63, 3.8) is 0 Å². The van der Waals surface area contributed by atoms with Crippen LogP contribution in [-0.4, -0.2) is 27.3 Å². The van der Waals surface area contributed by atoms with Crippen molar-refractivity contribution in [2.75, 3.05) is 6.54 Å². The Morgan fingerprint density at radius 2 is 2.25 bits per heavy atom. The number of H-pyrrole nitrogens is 1. The van der Waals surface area contributed by atoms with E-state index in [0.29, 0.717) is 31.5 Å². The zero-order valence-corrected chi connectivity index (χ0v) is 11.1. The van der Waals surface area contributed by atoms with Crippen molar-refractivity contribution >= 4 is 5.91 Å². The topological polar surface area (TPSA) is 49.0 Å². The molecule has 0 saturated carbocycles. The van der Waals surface area contributed by atoms with Gasteiger partial charge in [-0.2, -0.15) is 0 Å². The Hall–Kier alpha value is -2.17. The first kappa shape index (κ1) is 12.8. The quantitative estimate of drug-likeness (QED) is 0.930. The molecule has 0 fully saturated rings. The van der Waals surface area contributed by atoms with Crippen LogP contribution in [-0.2, 0) is 24.2 Å². The summed E-state index contributed by atoms with van der Waals surface area (Å²) in [4.78, 5) is 21.3.